The van der Waals surface area contributed by atoms with E-state index in [1.54, 1.807) is 0 Å². The summed E-state index contributed by atoms with van der Waals surface area (Å²) in [6, 6.07) is 0. The summed E-state index contributed by atoms with van der Waals surface area (Å²) < 4.78 is 29.1. The number of halogens is 2. The largest absolute Gasteiger partial charge is 0.394 e. The van der Waals surface area contributed by atoms with Crippen molar-refractivity contribution < 1.29 is 53.5 Å². The van der Waals surface area contributed by atoms with Gasteiger partial charge in [-0.2, -0.15) is 0 Å². The van der Waals surface area contributed by atoms with Gasteiger partial charge in [0.05, 0.1) is 58.0 Å². The second-order valence-electron chi connectivity index (χ2n) is 8.08. The lowest BCUT2D eigenvalue weighted by Crippen LogP contribution is -2.45. The second kappa shape index (κ2) is 12.5. The van der Waals surface area contributed by atoms with Crippen LogP contribution in [0.15, 0.2) is 0 Å². The zero-order chi connectivity index (χ0) is 20.0. The van der Waals surface area contributed by atoms with Gasteiger partial charge in [-0.15, -0.1) is 0 Å². The molecule has 0 radical (unpaired) electrons. The van der Waals surface area contributed by atoms with Crippen molar-refractivity contribution >= 4 is 0 Å². The monoisotopic (exact) mass is 446 g/mol. The molecule has 0 aromatic carbocycles. The maximum atomic E-state index is 9.72. The van der Waals surface area contributed by atoms with Gasteiger partial charge in [0.2, 0.25) is 0 Å². The molecular formula is C19H36F2O9. The van der Waals surface area contributed by atoms with Gasteiger partial charge in [-0.25, -0.2) is 0 Å². The third-order valence-electron chi connectivity index (χ3n) is 5.83. The zero-order valence-corrected chi connectivity index (χ0v) is 17.1. The summed E-state index contributed by atoms with van der Waals surface area (Å²) in [5, 5.41) is 37.9. The van der Waals surface area contributed by atoms with Gasteiger partial charge in [0.15, 0.2) is 12.1 Å². The molecule has 6 unspecified atom stereocenters. The molecular weight excluding hydrogens is 410 g/mol. The van der Waals surface area contributed by atoms with Crippen LogP contribution in [0.25, 0.3) is 0 Å². The van der Waals surface area contributed by atoms with E-state index in [2.05, 4.69) is 0 Å². The summed E-state index contributed by atoms with van der Waals surface area (Å²) in [4.78, 5) is 0. The van der Waals surface area contributed by atoms with Crippen molar-refractivity contribution in [2.24, 2.45) is 0 Å². The molecule has 0 saturated carbocycles. The van der Waals surface area contributed by atoms with Crippen molar-refractivity contribution in [3.63, 3.8) is 0 Å². The van der Waals surface area contributed by atoms with Crippen LogP contribution in [-0.2, 0) is 23.7 Å². The summed E-state index contributed by atoms with van der Waals surface area (Å²) in [5.74, 6) is -1.11. The zero-order valence-electron chi connectivity index (χ0n) is 17.1. The van der Waals surface area contributed by atoms with Crippen LogP contribution in [0.3, 0.4) is 0 Å². The number of aliphatic hydroxyl groups is 4. The Bertz CT molecular complexity index is 489. The van der Waals surface area contributed by atoms with Gasteiger partial charge in [-0.05, 0) is 38.5 Å². The van der Waals surface area contributed by atoms with Crippen LogP contribution in [0.1, 0.15) is 44.9 Å². The van der Waals surface area contributed by atoms with Gasteiger partial charge < -0.3 is 44.1 Å². The first kappa shape index (κ1) is 27.5. The van der Waals surface area contributed by atoms with Crippen LogP contribution in [0.2, 0.25) is 0 Å². The van der Waals surface area contributed by atoms with Crippen molar-refractivity contribution in [3.05, 3.63) is 0 Å². The lowest BCUT2D eigenvalue weighted by atomic mass is 10.0. The van der Waals surface area contributed by atoms with Crippen molar-refractivity contribution in [2.45, 2.75) is 80.9 Å². The predicted molar refractivity (Wildman–Crippen MR) is 101 cm³/mol. The van der Waals surface area contributed by atoms with Crippen molar-refractivity contribution in [2.75, 3.05) is 39.6 Å². The maximum Gasteiger partial charge on any atom is 0.194 e. The molecule has 0 aromatic heterocycles. The quantitative estimate of drug-likeness (QED) is 0.366. The van der Waals surface area contributed by atoms with Crippen molar-refractivity contribution in [1.82, 2.24) is 0 Å². The highest BCUT2D eigenvalue weighted by molar-refractivity contribution is 4.88. The number of rotatable bonds is 10. The maximum absolute atomic E-state index is 9.72. The summed E-state index contributed by atoms with van der Waals surface area (Å²) in [5.41, 5.74) is -0.754. The van der Waals surface area contributed by atoms with Gasteiger partial charge in [0.25, 0.3) is 0 Å². The Morgan fingerprint density at radius 2 is 1.50 bits per heavy atom. The Morgan fingerprint density at radius 3 is 2.10 bits per heavy atom. The molecule has 6 atom stereocenters. The smallest absolute Gasteiger partial charge is 0.194 e. The minimum Gasteiger partial charge on any atom is -0.394 e. The Balaban J connectivity index is 0.00000225. The van der Waals surface area contributed by atoms with E-state index in [1.165, 1.54) is 0 Å². The summed E-state index contributed by atoms with van der Waals surface area (Å²) >= 11 is 0. The Morgan fingerprint density at radius 1 is 0.800 bits per heavy atom. The van der Waals surface area contributed by atoms with E-state index in [9.17, 15) is 20.4 Å². The van der Waals surface area contributed by atoms with Gasteiger partial charge in [0.1, 0.15) is 5.60 Å². The average molecular weight is 446 g/mol. The lowest BCUT2D eigenvalue weighted by molar-refractivity contribution is -0.331. The molecule has 3 rings (SSSR count). The fourth-order valence-electron chi connectivity index (χ4n) is 4.15. The topological polar surface area (TPSA) is 127 Å². The molecule has 0 spiro atoms. The van der Waals surface area contributed by atoms with E-state index in [0.717, 1.165) is 12.8 Å². The van der Waals surface area contributed by atoms with Crippen LogP contribution in [-0.4, -0.2) is 96.1 Å². The lowest BCUT2D eigenvalue weighted by Gasteiger charge is -2.36. The molecule has 0 aliphatic carbocycles. The van der Waals surface area contributed by atoms with Crippen LogP contribution < -0.4 is 0 Å². The van der Waals surface area contributed by atoms with E-state index in [-0.39, 0.29) is 60.8 Å². The molecule has 3 aliphatic rings. The first-order valence-corrected chi connectivity index (χ1v) is 10.3. The molecule has 3 aliphatic heterocycles. The third-order valence-corrected chi connectivity index (χ3v) is 5.83. The number of hydrogen-bond acceptors (Lipinski definition) is 9. The highest BCUT2D eigenvalue weighted by Crippen LogP contribution is 2.35. The van der Waals surface area contributed by atoms with Crippen molar-refractivity contribution in [1.29, 1.82) is 0 Å². The second-order valence-corrected chi connectivity index (χ2v) is 8.08. The minimum absolute atomic E-state index is 0. The Labute approximate surface area is 174 Å². The minimum atomic E-state index is -1.11. The molecule has 180 valence electrons. The highest BCUT2D eigenvalue weighted by atomic mass is 19.0. The van der Waals surface area contributed by atoms with Crippen LogP contribution in [0.5, 0.6) is 0 Å². The molecule has 3 fully saturated rings. The number of aliphatic hydroxyl groups excluding tert-OH is 4. The third kappa shape index (κ3) is 6.75. The first-order valence-electron chi connectivity index (χ1n) is 10.3. The molecule has 11 heteroatoms. The number of ether oxygens (including phenoxy) is 5. The van der Waals surface area contributed by atoms with Crippen LogP contribution >= 0.6 is 0 Å². The predicted octanol–water partition coefficient (Wildman–Crippen LogP) is -0.0179. The average Bonchev–Trinajstić information content (AvgIpc) is 3.33. The van der Waals surface area contributed by atoms with Crippen LogP contribution in [0.4, 0.5) is 9.41 Å². The Hall–Kier alpha value is -0.500. The van der Waals surface area contributed by atoms with Crippen LogP contribution in [0, 0.1) is 0 Å². The fraction of sp³-hybridized carbons (Fsp3) is 1.00. The van der Waals surface area contributed by atoms with Gasteiger partial charge in [-0.1, -0.05) is 0 Å². The van der Waals surface area contributed by atoms with E-state index < -0.39 is 17.7 Å². The van der Waals surface area contributed by atoms with Gasteiger partial charge in [0, 0.05) is 6.42 Å². The van der Waals surface area contributed by atoms with E-state index in [1.807, 2.05) is 0 Å². The molecule has 0 aromatic rings. The summed E-state index contributed by atoms with van der Waals surface area (Å²) in [6.07, 6.45) is 3.70. The van der Waals surface area contributed by atoms with E-state index in [0.29, 0.717) is 38.7 Å². The molecule has 4 N–H and O–H groups in total. The summed E-state index contributed by atoms with van der Waals surface area (Å²) in [7, 11) is 0. The molecule has 30 heavy (non-hydrogen) atoms. The summed E-state index contributed by atoms with van der Waals surface area (Å²) in [6.45, 7) is 0.00154. The Kier molecular flexibility index (Phi) is 11.5. The van der Waals surface area contributed by atoms with E-state index >= 15 is 0 Å². The molecule has 0 bridgehead atoms. The first-order chi connectivity index (χ1) is 13.6. The highest BCUT2D eigenvalue weighted by Gasteiger charge is 2.44. The molecule has 3 heterocycles. The molecule has 0 amide bonds. The van der Waals surface area contributed by atoms with Gasteiger partial charge in [-0.3, -0.25) is 9.41 Å². The SMILES string of the molecule is F.F.OCC1CCC(CO)(COCC2CCCC(OC3(CO)CCC(CO)O3)O2)O1. The van der Waals surface area contributed by atoms with Gasteiger partial charge >= 0.3 is 0 Å². The number of hydrogen-bond donors (Lipinski definition) is 4. The fourth-order valence-corrected chi connectivity index (χ4v) is 4.15. The normalized spacial score (nSPS) is 38.8. The molecule has 9 nitrogen and oxygen atoms in total. The van der Waals surface area contributed by atoms with E-state index in [4.69, 9.17) is 23.7 Å². The van der Waals surface area contributed by atoms with Crippen molar-refractivity contribution in [3.8, 4) is 0 Å². The standard InChI is InChI=1S/C19H34O9.2FH/c20-8-14-4-6-18(11-22,26-14)13-24-10-16-2-1-3-17(25-16)28-19(12-23)7-5-15(9-21)27-19;;/h14-17,20-23H,1-13H2;2*1H. The molecule has 3 saturated heterocycles.